The maximum Gasteiger partial charge on any atom is 0.255 e. The lowest BCUT2D eigenvalue weighted by molar-refractivity contribution is 0.102. The van der Waals surface area contributed by atoms with Gasteiger partial charge in [0.15, 0.2) is 11.5 Å². The van der Waals surface area contributed by atoms with Crippen molar-refractivity contribution in [2.75, 3.05) is 19.0 Å². The average molecular weight is 401 g/mol. The molecule has 0 unspecified atom stereocenters. The third kappa shape index (κ3) is 3.72. The van der Waals surface area contributed by atoms with Crippen LogP contribution in [-0.4, -0.2) is 29.2 Å². The summed E-state index contributed by atoms with van der Waals surface area (Å²) in [5.74, 6) is 1.81. The quantitative estimate of drug-likeness (QED) is 0.499. The molecular weight excluding hydrogens is 378 g/mol. The molecular formula is C24H23N3O3. The Morgan fingerprint density at radius 1 is 1.03 bits per heavy atom. The fourth-order valence-electron chi connectivity index (χ4n) is 3.39. The van der Waals surface area contributed by atoms with E-state index in [1.54, 1.807) is 25.3 Å². The van der Waals surface area contributed by atoms with E-state index in [1.165, 1.54) is 0 Å². The van der Waals surface area contributed by atoms with Gasteiger partial charge in [0.25, 0.3) is 5.91 Å². The molecule has 0 fully saturated rings. The molecule has 6 nitrogen and oxygen atoms in total. The van der Waals surface area contributed by atoms with Crippen LogP contribution in [0.4, 0.5) is 5.69 Å². The number of fused-ring (bicyclic) bond motifs is 1. The molecule has 0 aliphatic rings. The molecule has 6 heteroatoms. The van der Waals surface area contributed by atoms with Gasteiger partial charge in [0.1, 0.15) is 5.82 Å². The Bertz CT molecular complexity index is 1200. The minimum atomic E-state index is -0.216. The number of benzene rings is 3. The second-order valence-electron chi connectivity index (χ2n) is 6.81. The maximum atomic E-state index is 12.7. The first kappa shape index (κ1) is 19.5. The summed E-state index contributed by atoms with van der Waals surface area (Å²) in [7, 11) is 3.55. The molecule has 1 N–H and O–H groups in total. The van der Waals surface area contributed by atoms with Crippen LogP contribution in [0.1, 0.15) is 17.3 Å². The summed E-state index contributed by atoms with van der Waals surface area (Å²) in [6.45, 7) is 2.43. The van der Waals surface area contributed by atoms with Gasteiger partial charge < -0.3 is 19.4 Å². The molecule has 0 atom stereocenters. The van der Waals surface area contributed by atoms with E-state index in [9.17, 15) is 4.79 Å². The van der Waals surface area contributed by atoms with Crippen molar-refractivity contribution in [1.29, 1.82) is 0 Å². The van der Waals surface area contributed by atoms with Crippen LogP contribution in [0.25, 0.3) is 22.4 Å². The number of imidazole rings is 1. The Labute approximate surface area is 175 Å². The molecule has 1 heterocycles. The Kier molecular flexibility index (Phi) is 5.39. The van der Waals surface area contributed by atoms with Crippen molar-refractivity contribution in [3.05, 3.63) is 72.3 Å². The zero-order chi connectivity index (χ0) is 21.1. The molecule has 0 radical (unpaired) electrons. The van der Waals surface area contributed by atoms with Crippen molar-refractivity contribution >= 4 is 22.6 Å². The van der Waals surface area contributed by atoms with E-state index in [0.717, 1.165) is 22.4 Å². The highest BCUT2D eigenvalue weighted by Crippen LogP contribution is 2.29. The van der Waals surface area contributed by atoms with E-state index >= 15 is 0 Å². The molecule has 4 aromatic rings. The lowest BCUT2D eigenvalue weighted by atomic mass is 10.1. The van der Waals surface area contributed by atoms with E-state index in [0.29, 0.717) is 29.4 Å². The number of carbonyl (C=O) groups excluding carboxylic acids is 1. The van der Waals surface area contributed by atoms with Crippen LogP contribution in [0.5, 0.6) is 11.5 Å². The summed E-state index contributed by atoms with van der Waals surface area (Å²) < 4.78 is 12.9. The van der Waals surface area contributed by atoms with Gasteiger partial charge in [-0.1, -0.05) is 12.1 Å². The van der Waals surface area contributed by atoms with Gasteiger partial charge in [0.05, 0.1) is 24.8 Å². The molecule has 1 aromatic heterocycles. The number of para-hydroxylation sites is 2. The monoisotopic (exact) mass is 401 g/mol. The highest BCUT2D eigenvalue weighted by Gasteiger charge is 2.13. The second-order valence-corrected chi connectivity index (χ2v) is 6.81. The Hall–Kier alpha value is -3.80. The fraction of sp³-hybridized carbons (Fsp3) is 0.167. The van der Waals surface area contributed by atoms with Gasteiger partial charge in [0, 0.05) is 23.9 Å². The number of aryl methyl sites for hydroxylation is 1. The number of hydrogen-bond donors (Lipinski definition) is 1. The summed E-state index contributed by atoms with van der Waals surface area (Å²) in [4.78, 5) is 17.4. The molecule has 30 heavy (non-hydrogen) atoms. The summed E-state index contributed by atoms with van der Waals surface area (Å²) >= 11 is 0. The SMILES string of the molecule is CCOc1ccc(C(=O)Nc2ccc(-c3nc4ccccc4n3C)cc2)cc1OC. The van der Waals surface area contributed by atoms with Gasteiger partial charge in [-0.2, -0.15) is 0 Å². The van der Waals surface area contributed by atoms with E-state index in [2.05, 4.69) is 9.88 Å². The normalized spacial score (nSPS) is 10.8. The predicted molar refractivity (Wildman–Crippen MR) is 118 cm³/mol. The highest BCUT2D eigenvalue weighted by atomic mass is 16.5. The molecule has 0 aliphatic carbocycles. The van der Waals surface area contributed by atoms with Crippen LogP contribution in [0.15, 0.2) is 66.7 Å². The van der Waals surface area contributed by atoms with Crippen molar-refractivity contribution in [2.24, 2.45) is 7.05 Å². The molecule has 4 rings (SSSR count). The summed E-state index contributed by atoms with van der Waals surface area (Å²) in [5.41, 5.74) is 4.21. The third-order valence-electron chi connectivity index (χ3n) is 4.91. The van der Waals surface area contributed by atoms with Crippen LogP contribution in [-0.2, 0) is 7.05 Å². The largest absolute Gasteiger partial charge is 0.493 e. The number of methoxy groups -OCH3 is 1. The average Bonchev–Trinajstić information content (AvgIpc) is 3.11. The highest BCUT2D eigenvalue weighted by molar-refractivity contribution is 6.04. The number of rotatable bonds is 6. The van der Waals surface area contributed by atoms with Crippen LogP contribution in [0, 0.1) is 0 Å². The van der Waals surface area contributed by atoms with Gasteiger partial charge in [-0.25, -0.2) is 4.98 Å². The molecule has 152 valence electrons. The number of aromatic nitrogens is 2. The number of nitrogens with one attached hydrogen (secondary N) is 1. The van der Waals surface area contributed by atoms with Crippen LogP contribution in [0.2, 0.25) is 0 Å². The van der Waals surface area contributed by atoms with Crippen molar-refractivity contribution < 1.29 is 14.3 Å². The van der Waals surface area contributed by atoms with E-state index in [-0.39, 0.29) is 5.91 Å². The minimum absolute atomic E-state index is 0.216. The van der Waals surface area contributed by atoms with Gasteiger partial charge in [0.2, 0.25) is 0 Å². The van der Waals surface area contributed by atoms with Crippen LogP contribution >= 0.6 is 0 Å². The minimum Gasteiger partial charge on any atom is -0.493 e. The summed E-state index contributed by atoms with van der Waals surface area (Å²) in [6, 6.07) is 20.8. The lowest BCUT2D eigenvalue weighted by Crippen LogP contribution is -2.12. The van der Waals surface area contributed by atoms with Gasteiger partial charge >= 0.3 is 0 Å². The van der Waals surface area contributed by atoms with Crippen LogP contribution in [0.3, 0.4) is 0 Å². The Morgan fingerprint density at radius 3 is 2.50 bits per heavy atom. The topological polar surface area (TPSA) is 65.4 Å². The summed E-state index contributed by atoms with van der Waals surface area (Å²) in [5, 5.41) is 2.92. The molecule has 0 saturated heterocycles. The smallest absolute Gasteiger partial charge is 0.255 e. The first-order valence-corrected chi connectivity index (χ1v) is 9.74. The zero-order valence-electron chi connectivity index (χ0n) is 17.2. The molecule has 1 amide bonds. The third-order valence-corrected chi connectivity index (χ3v) is 4.91. The van der Waals surface area contributed by atoms with Gasteiger partial charge in [-0.15, -0.1) is 0 Å². The first-order valence-electron chi connectivity index (χ1n) is 9.74. The Morgan fingerprint density at radius 2 is 1.80 bits per heavy atom. The molecule has 3 aromatic carbocycles. The first-order chi connectivity index (χ1) is 14.6. The van der Waals surface area contributed by atoms with Crippen molar-refractivity contribution in [3.63, 3.8) is 0 Å². The van der Waals surface area contributed by atoms with Crippen LogP contribution < -0.4 is 14.8 Å². The number of ether oxygens (including phenoxy) is 2. The number of nitrogens with zero attached hydrogens (tertiary/aromatic N) is 2. The number of carbonyl (C=O) groups is 1. The standard InChI is InChI=1S/C24H23N3O3/c1-4-30-21-14-11-17(15-22(21)29-3)24(28)25-18-12-9-16(10-13-18)23-26-19-7-5-6-8-20(19)27(23)2/h5-15H,4H2,1-3H3,(H,25,28). The molecule has 0 spiro atoms. The van der Waals surface area contributed by atoms with E-state index < -0.39 is 0 Å². The van der Waals surface area contributed by atoms with Gasteiger partial charge in [-0.05, 0) is 61.5 Å². The maximum absolute atomic E-state index is 12.7. The molecule has 0 aliphatic heterocycles. The molecule has 0 bridgehead atoms. The lowest BCUT2D eigenvalue weighted by Gasteiger charge is -2.11. The van der Waals surface area contributed by atoms with E-state index in [1.807, 2.05) is 62.5 Å². The second kappa shape index (κ2) is 8.29. The molecule has 0 saturated carbocycles. The van der Waals surface area contributed by atoms with Crippen molar-refractivity contribution in [1.82, 2.24) is 9.55 Å². The number of anilines is 1. The Balaban J connectivity index is 1.53. The fourth-order valence-corrected chi connectivity index (χ4v) is 3.39. The van der Waals surface area contributed by atoms with Crippen molar-refractivity contribution in [2.45, 2.75) is 6.92 Å². The summed E-state index contributed by atoms with van der Waals surface area (Å²) in [6.07, 6.45) is 0. The number of hydrogen-bond acceptors (Lipinski definition) is 4. The van der Waals surface area contributed by atoms with Crippen molar-refractivity contribution in [3.8, 4) is 22.9 Å². The van der Waals surface area contributed by atoms with Gasteiger partial charge in [-0.3, -0.25) is 4.79 Å². The zero-order valence-corrected chi connectivity index (χ0v) is 17.2. The number of amides is 1. The van der Waals surface area contributed by atoms with E-state index in [4.69, 9.17) is 14.5 Å². The predicted octanol–water partition coefficient (Wildman–Crippen LogP) is 4.90.